The molecular weight excluding hydrogens is 416 g/mol. The highest BCUT2D eigenvalue weighted by molar-refractivity contribution is 5.88. The van der Waals surface area contributed by atoms with Crippen LogP contribution in [0.3, 0.4) is 0 Å². The summed E-state index contributed by atoms with van der Waals surface area (Å²) in [7, 11) is 3.02. The quantitative estimate of drug-likeness (QED) is 0.250. The number of allylic oxidation sites excluding steroid dienone is 1. The number of hydrogen-bond donors (Lipinski definition) is 0. The Morgan fingerprint density at radius 3 is 2.33 bits per heavy atom. The molecule has 0 heterocycles. The minimum Gasteiger partial charge on any atom is -0.503 e. The standard InChI is InChI=1S/C28H40O5/c1-18(29)33-21-12-14-27(2)20(16-21)7-8-22-24-10-9-23(28(24,3)15-13-25(22)27)19(17-31-4)6-11-26(30)32-5/h17,20-25H,7-10,12-16H2,1-5H3/b19-17-/t20-,21-,22-,23+,24-,25-,27-,28+/m0/s1. The molecular formula is C28H40O5. The van der Waals surface area contributed by atoms with Gasteiger partial charge >= 0.3 is 11.9 Å². The second-order valence-corrected chi connectivity index (χ2v) is 11.4. The van der Waals surface area contributed by atoms with E-state index in [9.17, 15) is 9.59 Å². The van der Waals surface area contributed by atoms with Crippen LogP contribution in [0.4, 0.5) is 0 Å². The van der Waals surface area contributed by atoms with E-state index < -0.39 is 5.97 Å². The molecule has 0 aromatic heterocycles. The number of carbonyl (C=O) groups excluding carboxylic acids is 2. The van der Waals surface area contributed by atoms with Crippen LogP contribution in [0.2, 0.25) is 0 Å². The maximum absolute atomic E-state index is 11.6. The van der Waals surface area contributed by atoms with Crippen molar-refractivity contribution in [3.8, 4) is 11.8 Å². The fraction of sp³-hybridized carbons (Fsp3) is 0.786. The van der Waals surface area contributed by atoms with Gasteiger partial charge in [-0.3, -0.25) is 4.79 Å². The van der Waals surface area contributed by atoms with Crippen molar-refractivity contribution in [2.75, 3.05) is 14.2 Å². The first-order chi connectivity index (χ1) is 15.7. The summed E-state index contributed by atoms with van der Waals surface area (Å²) in [6.07, 6.45) is 12.4. The van der Waals surface area contributed by atoms with Gasteiger partial charge in [-0.15, -0.1) is 0 Å². The summed E-state index contributed by atoms with van der Waals surface area (Å²) >= 11 is 0. The summed E-state index contributed by atoms with van der Waals surface area (Å²) < 4.78 is 15.7. The number of carbonyl (C=O) groups is 2. The van der Waals surface area contributed by atoms with Gasteiger partial charge in [-0.1, -0.05) is 19.8 Å². The molecule has 0 unspecified atom stereocenters. The van der Waals surface area contributed by atoms with Gasteiger partial charge in [0.1, 0.15) is 6.10 Å². The Morgan fingerprint density at radius 2 is 1.64 bits per heavy atom. The van der Waals surface area contributed by atoms with Crippen molar-refractivity contribution in [3.63, 3.8) is 0 Å². The average molecular weight is 457 g/mol. The Morgan fingerprint density at radius 1 is 0.909 bits per heavy atom. The summed E-state index contributed by atoms with van der Waals surface area (Å²) in [5.41, 5.74) is 1.48. The third-order valence-corrected chi connectivity index (χ3v) is 10.1. The van der Waals surface area contributed by atoms with Crippen molar-refractivity contribution in [1.82, 2.24) is 0 Å². The van der Waals surface area contributed by atoms with E-state index in [0.29, 0.717) is 23.2 Å². The van der Waals surface area contributed by atoms with Crippen molar-refractivity contribution in [2.24, 2.45) is 40.4 Å². The van der Waals surface area contributed by atoms with Gasteiger partial charge in [-0.25, -0.2) is 4.79 Å². The van der Waals surface area contributed by atoms with E-state index in [-0.39, 0.29) is 17.5 Å². The number of fused-ring (bicyclic) bond motifs is 5. The predicted octanol–water partition coefficient (Wildman–Crippen LogP) is 5.28. The molecule has 4 fully saturated rings. The molecule has 0 saturated heterocycles. The third kappa shape index (κ3) is 4.31. The lowest BCUT2D eigenvalue weighted by Crippen LogP contribution is -2.54. The normalized spacial score (nSPS) is 42.0. The zero-order valence-electron chi connectivity index (χ0n) is 20.9. The molecule has 0 spiro atoms. The number of ether oxygens (including phenoxy) is 3. The molecule has 0 N–H and O–H groups in total. The fourth-order valence-corrected chi connectivity index (χ4v) is 8.57. The number of rotatable bonds is 3. The lowest BCUT2D eigenvalue weighted by atomic mass is 9.44. The monoisotopic (exact) mass is 456 g/mol. The molecule has 0 amide bonds. The summed E-state index contributed by atoms with van der Waals surface area (Å²) in [5, 5.41) is 0. The second kappa shape index (κ2) is 9.35. The second-order valence-electron chi connectivity index (χ2n) is 11.4. The highest BCUT2D eigenvalue weighted by Crippen LogP contribution is 2.68. The van der Waals surface area contributed by atoms with Crippen LogP contribution in [-0.2, 0) is 23.8 Å². The Kier molecular flexibility index (Phi) is 6.85. The van der Waals surface area contributed by atoms with Gasteiger partial charge in [-0.2, -0.15) is 0 Å². The molecule has 5 nitrogen and oxygen atoms in total. The lowest BCUT2D eigenvalue weighted by molar-refractivity contribution is -0.159. The van der Waals surface area contributed by atoms with Gasteiger partial charge in [0.25, 0.3) is 0 Å². The van der Waals surface area contributed by atoms with Gasteiger partial charge in [0.05, 0.1) is 20.5 Å². The highest BCUT2D eigenvalue weighted by atomic mass is 16.5. The molecule has 4 aliphatic rings. The number of esters is 2. The van der Waals surface area contributed by atoms with E-state index in [1.165, 1.54) is 52.6 Å². The van der Waals surface area contributed by atoms with E-state index in [2.05, 4.69) is 25.7 Å². The SMILES string of the molecule is CO/C=C(/C#CC(=O)OC)[C@H]1CC[C@H]2[C@@H]3CC[C@H]4C[C@@H](OC(C)=O)CC[C@]4(C)[C@H]3CC[C@]12C. The van der Waals surface area contributed by atoms with Crippen LogP contribution < -0.4 is 0 Å². The Hall–Kier alpha value is -1.96. The molecule has 0 bridgehead atoms. The van der Waals surface area contributed by atoms with Crippen molar-refractivity contribution >= 4 is 11.9 Å². The van der Waals surface area contributed by atoms with Gasteiger partial charge < -0.3 is 14.2 Å². The Balaban J connectivity index is 1.53. The topological polar surface area (TPSA) is 61.8 Å². The molecule has 4 saturated carbocycles. The lowest BCUT2D eigenvalue weighted by Gasteiger charge is -2.61. The minimum absolute atomic E-state index is 0.108. The molecule has 4 aliphatic carbocycles. The molecule has 0 aliphatic heterocycles. The zero-order valence-corrected chi connectivity index (χ0v) is 20.9. The van der Waals surface area contributed by atoms with E-state index in [1.54, 1.807) is 13.4 Å². The highest BCUT2D eigenvalue weighted by Gasteiger charge is 2.60. The van der Waals surface area contributed by atoms with Crippen molar-refractivity contribution < 1.29 is 23.8 Å². The molecule has 33 heavy (non-hydrogen) atoms. The molecule has 0 radical (unpaired) electrons. The molecule has 182 valence electrons. The van der Waals surface area contributed by atoms with Crippen LogP contribution in [0.1, 0.15) is 78.6 Å². The van der Waals surface area contributed by atoms with E-state index in [0.717, 1.165) is 36.7 Å². The summed E-state index contributed by atoms with van der Waals surface area (Å²) in [6.45, 7) is 6.53. The molecule has 4 rings (SSSR count). The summed E-state index contributed by atoms with van der Waals surface area (Å²) in [5.74, 6) is 8.24. The summed E-state index contributed by atoms with van der Waals surface area (Å²) in [6, 6.07) is 0. The van der Waals surface area contributed by atoms with Crippen molar-refractivity contribution in [2.45, 2.75) is 84.7 Å². The molecule has 0 aromatic rings. The van der Waals surface area contributed by atoms with Gasteiger partial charge in [-0.05, 0) is 92.3 Å². The van der Waals surface area contributed by atoms with Crippen LogP contribution in [0, 0.1) is 52.3 Å². The molecule has 8 atom stereocenters. The maximum atomic E-state index is 11.6. The van der Waals surface area contributed by atoms with Gasteiger partial charge in [0.2, 0.25) is 0 Å². The van der Waals surface area contributed by atoms with Crippen LogP contribution in [-0.4, -0.2) is 32.3 Å². The van der Waals surface area contributed by atoms with Gasteiger partial charge in [0, 0.05) is 24.3 Å². The number of methoxy groups -OCH3 is 2. The van der Waals surface area contributed by atoms with Gasteiger partial charge in [0.15, 0.2) is 0 Å². The zero-order chi connectivity index (χ0) is 23.8. The van der Waals surface area contributed by atoms with E-state index in [1.807, 2.05) is 0 Å². The number of hydrogen-bond acceptors (Lipinski definition) is 5. The van der Waals surface area contributed by atoms with Crippen LogP contribution >= 0.6 is 0 Å². The van der Waals surface area contributed by atoms with Crippen LogP contribution in [0.15, 0.2) is 11.8 Å². The first-order valence-electron chi connectivity index (χ1n) is 12.7. The smallest absolute Gasteiger partial charge is 0.384 e. The van der Waals surface area contributed by atoms with Crippen LogP contribution in [0.5, 0.6) is 0 Å². The fourth-order valence-electron chi connectivity index (χ4n) is 8.57. The van der Waals surface area contributed by atoms with Crippen LogP contribution in [0.25, 0.3) is 0 Å². The summed E-state index contributed by atoms with van der Waals surface area (Å²) in [4.78, 5) is 23.1. The maximum Gasteiger partial charge on any atom is 0.384 e. The largest absolute Gasteiger partial charge is 0.503 e. The Labute approximate surface area is 199 Å². The first kappa shape index (κ1) is 24.2. The predicted molar refractivity (Wildman–Crippen MR) is 126 cm³/mol. The van der Waals surface area contributed by atoms with Crippen molar-refractivity contribution in [3.05, 3.63) is 11.8 Å². The van der Waals surface area contributed by atoms with E-state index >= 15 is 0 Å². The molecule has 0 aromatic carbocycles. The van der Waals surface area contributed by atoms with Crippen molar-refractivity contribution in [1.29, 1.82) is 0 Å². The average Bonchev–Trinajstić information content (AvgIpc) is 3.13. The molecule has 5 heteroatoms. The minimum atomic E-state index is -0.504. The van der Waals surface area contributed by atoms with E-state index in [4.69, 9.17) is 14.2 Å². The third-order valence-electron chi connectivity index (χ3n) is 10.1. The Bertz CT molecular complexity index is 865. The first-order valence-corrected chi connectivity index (χ1v) is 12.7.